The average Bonchev–Trinajstić information content (AvgIpc) is 2.91. The number of thioether (sulfide) groups is 1. The number of hydrogen-bond acceptors (Lipinski definition) is 5. The molecule has 1 aliphatic heterocycles. The van der Waals surface area contributed by atoms with E-state index in [4.69, 9.17) is 4.74 Å². The predicted molar refractivity (Wildman–Crippen MR) is 97.7 cm³/mol. The van der Waals surface area contributed by atoms with Crippen LogP contribution in [-0.2, 0) is 14.3 Å². The highest BCUT2D eigenvalue weighted by Crippen LogP contribution is 2.34. The van der Waals surface area contributed by atoms with E-state index in [1.165, 1.54) is 4.90 Å². The molecule has 0 aromatic carbocycles. The number of nitrogens with zero attached hydrogens (tertiary/aromatic N) is 1. The third-order valence-corrected chi connectivity index (χ3v) is 5.22. The number of nitrogens with one attached hydrogen (secondary N) is 1. The number of amides is 2. The number of carboxylic acid groups (broad SMARTS) is 1. The smallest absolute Gasteiger partial charge is 0.408 e. The summed E-state index contributed by atoms with van der Waals surface area (Å²) in [7, 11) is 0. The van der Waals surface area contributed by atoms with E-state index >= 15 is 0 Å². The van der Waals surface area contributed by atoms with Crippen LogP contribution in [0.2, 0.25) is 0 Å². The van der Waals surface area contributed by atoms with Crippen LogP contribution < -0.4 is 5.32 Å². The molecular formula is C17H30N2O5S. The zero-order chi connectivity index (χ0) is 19.4. The summed E-state index contributed by atoms with van der Waals surface area (Å²) in [5, 5.41) is 12.3. The molecule has 144 valence electrons. The lowest BCUT2D eigenvalue weighted by Crippen LogP contribution is -2.59. The summed E-state index contributed by atoms with van der Waals surface area (Å²) in [5.74, 6) is -1.38. The Bertz CT molecular complexity index is 507. The number of carbonyl (C=O) groups excluding carboxylic acids is 2. The van der Waals surface area contributed by atoms with E-state index < -0.39 is 28.9 Å². The minimum atomic E-state index is -1.01. The molecular weight excluding hydrogens is 344 g/mol. The maximum atomic E-state index is 13.1. The molecule has 1 unspecified atom stereocenters. The highest BCUT2D eigenvalue weighted by Gasteiger charge is 2.44. The summed E-state index contributed by atoms with van der Waals surface area (Å²) in [6.07, 6.45) is 0.0954. The lowest BCUT2D eigenvalue weighted by molar-refractivity contribution is -0.149. The molecule has 0 saturated carbocycles. The molecule has 0 aromatic heterocycles. The first kappa shape index (κ1) is 21.6. The molecule has 2 atom stereocenters. The van der Waals surface area contributed by atoms with Crippen LogP contribution in [-0.4, -0.2) is 62.7 Å². The molecule has 2 N–H and O–H groups in total. The van der Waals surface area contributed by atoms with Crippen LogP contribution in [0.25, 0.3) is 0 Å². The Hall–Kier alpha value is -1.44. The molecule has 0 aliphatic carbocycles. The van der Waals surface area contributed by atoms with Gasteiger partial charge < -0.3 is 20.1 Å². The van der Waals surface area contributed by atoms with Gasteiger partial charge in [0, 0.05) is 11.3 Å². The van der Waals surface area contributed by atoms with E-state index in [-0.39, 0.29) is 17.3 Å². The Morgan fingerprint density at radius 1 is 1.24 bits per heavy atom. The van der Waals surface area contributed by atoms with Gasteiger partial charge in [0.15, 0.2) is 0 Å². The van der Waals surface area contributed by atoms with Gasteiger partial charge in [-0.3, -0.25) is 4.79 Å². The largest absolute Gasteiger partial charge is 0.480 e. The van der Waals surface area contributed by atoms with Gasteiger partial charge in [-0.05, 0) is 45.8 Å². The van der Waals surface area contributed by atoms with Crippen LogP contribution in [0.15, 0.2) is 0 Å². The minimum absolute atomic E-state index is 0.238. The number of aliphatic carboxylic acids is 1. The Morgan fingerprint density at radius 3 is 2.32 bits per heavy atom. The highest BCUT2D eigenvalue weighted by atomic mass is 32.2. The van der Waals surface area contributed by atoms with E-state index in [0.29, 0.717) is 19.4 Å². The standard InChI is InChI=1S/C17H30N2O5S/c1-10(2)24-16(23)18-13(17(5,6)25-11(3)4)14(20)19-9-7-8-12(19)15(21)22/h10-13H,7-9H2,1-6H3,(H,18,23)(H,21,22)/t12-,13?/m0/s1. The fraction of sp³-hybridized carbons (Fsp3) is 0.824. The van der Waals surface area contributed by atoms with Crippen molar-refractivity contribution >= 4 is 29.7 Å². The number of carboxylic acids is 1. The van der Waals surface area contributed by atoms with Crippen LogP contribution >= 0.6 is 11.8 Å². The van der Waals surface area contributed by atoms with Crippen molar-refractivity contribution in [3.8, 4) is 0 Å². The molecule has 25 heavy (non-hydrogen) atoms. The molecule has 1 fully saturated rings. The molecule has 7 nitrogen and oxygen atoms in total. The Labute approximate surface area is 153 Å². The van der Waals surface area contributed by atoms with Gasteiger partial charge >= 0.3 is 12.1 Å². The fourth-order valence-corrected chi connectivity index (χ4v) is 4.54. The number of alkyl carbamates (subject to hydrolysis) is 1. The number of rotatable bonds is 7. The van der Waals surface area contributed by atoms with E-state index in [9.17, 15) is 19.5 Å². The van der Waals surface area contributed by atoms with Crippen molar-refractivity contribution < 1.29 is 24.2 Å². The van der Waals surface area contributed by atoms with E-state index in [1.807, 2.05) is 27.7 Å². The highest BCUT2D eigenvalue weighted by molar-refractivity contribution is 8.01. The monoisotopic (exact) mass is 374 g/mol. The Morgan fingerprint density at radius 2 is 1.84 bits per heavy atom. The van der Waals surface area contributed by atoms with Crippen LogP contribution in [0.4, 0.5) is 4.79 Å². The number of carbonyl (C=O) groups is 3. The summed E-state index contributed by atoms with van der Waals surface area (Å²) in [4.78, 5) is 38.0. The van der Waals surface area contributed by atoms with Crippen molar-refractivity contribution in [2.24, 2.45) is 0 Å². The summed E-state index contributed by atoms with van der Waals surface area (Å²) >= 11 is 1.56. The van der Waals surface area contributed by atoms with Gasteiger partial charge in [-0.25, -0.2) is 9.59 Å². The Kier molecular flexibility index (Phi) is 7.59. The van der Waals surface area contributed by atoms with Crippen molar-refractivity contribution in [1.82, 2.24) is 10.2 Å². The van der Waals surface area contributed by atoms with Crippen molar-refractivity contribution in [2.75, 3.05) is 6.54 Å². The molecule has 0 aromatic rings. The number of hydrogen-bond donors (Lipinski definition) is 2. The maximum Gasteiger partial charge on any atom is 0.408 e. The van der Waals surface area contributed by atoms with Crippen molar-refractivity contribution in [3.63, 3.8) is 0 Å². The molecule has 8 heteroatoms. The first-order valence-electron chi connectivity index (χ1n) is 8.64. The zero-order valence-electron chi connectivity index (χ0n) is 15.9. The van der Waals surface area contributed by atoms with Crippen molar-refractivity contribution in [2.45, 2.75) is 82.6 Å². The van der Waals surface area contributed by atoms with Crippen LogP contribution in [0.3, 0.4) is 0 Å². The third kappa shape index (κ3) is 6.09. The molecule has 2 amide bonds. The lowest BCUT2D eigenvalue weighted by atomic mass is 10.0. The number of likely N-dealkylation sites (tertiary alicyclic amines) is 1. The summed E-state index contributed by atoms with van der Waals surface area (Å²) in [5.41, 5.74) is 0. The lowest BCUT2D eigenvalue weighted by Gasteiger charge is -2.37. The molecule has 1 aliphatic rings. The summed E-state index contributed by atoms with van der Waals surface area (Å²) in [6, 6.07) is -1.70. The van der Waals surface area contributed by atoms with Gasteiger partial charge in [0.05, 0.1) is 6.10 Å². The SMILES string of the molecule is CC(C)OC(=O)NC(C(=O)N1CCC[C@H]1C(=O)O)C(C)(C)SC(C)C. The molecule has 0 bridgehead atoms. The van der Waals surface area contributed by atoms with E-state index in [0.717, 1.165) is 0 Å². The van der Waals surface area contributed by atoms with Gasteiger partial charge in [-0.15, -0.1) is 0 Å². The third-order valence-electron chi connectivity index (χ3n) is 3.91. The second kappa shape index (κ2) is 8.78. The quantitative estimate of drug-likeness (QED) is 0.711. The first-order chi connectivity index (χ1) is 11.5. The normalized spacial score (nSPS) is 19.2. The maximum absolute atomic E-state index is 13.1. The van der Waals surface area contributed by atoms with E-state index in [2.05, 4.69) is 5.32 Å². The zero-order valence-corrected chi connectivity index (χ0v) is 16.7. The van der Waals surface area contributed by atoms with Crippen molar-refractivity contribution in [1.29, 1.82) is 0 Å². The molecule has 1 rings (SSSR count). The van der Waals surface area contributed by atoms with E-state index in [1.54, 1.807) is 25.6 Å². The minimum Gasteiger partial charge on any atom is -0.480 e. The predicted octanol–water partition coefficient (Wildman–Crippen LogP) is 2.49. The fourth-order valence-electron chi connectivity index (χ4n) is 3.03. The summed E-state index contributed by atoms with van der Waals surface area (Å²) in [6.45, 7) is 11.6. The van der Waals surface area contributed by atoms with Gasteiger partial charge in [-0.2, -0.15) is 11.8 Å². The van der Waals surface area contributed by atoms with Gasteiger partial charge in [0.2, 0.25) is 5.91 Å². The van der Waals surface area contributed by atoms with Crippen LogP contribution in [0.1, 0.15) is 54.4 Å². The second-order valence-electron chi connectivity index (χ2n) is 7.33. The number of ether oxygens (including phenoxy) is 1. The second-order valence-corrected chi connectivity index (χ2v) is 9.56. The van der Waals surface area contributed by atoms with Crippen LogP contribution in [0.5, 0.6) is 0 Å². The molecule has 0 spiro atoms. The molecule has 0 radical (unpaired) electrons. The molecule has 1 saturated heterocycles. The molecule has 1 heterocycles. The topological polar surface area (TPSA) is 95.9 Å². The summed E-state index contributed by atoms with van der Waals surface area (Å²) < 4.78 is 4.50. The van der Waals surface area contributed by atoms with Crippen LogP contribution in [0, 0.1) is 0 Å². The first-order valence-corrected chi connectivity index (χ1v) is 9.52. The van der Waals surface area contributed by atoms with Gasteiger partial charge in [0.1, 0.15) is 12.1 Å². The Balaban J connectivity index is 3.05. The average molecular weight is 375 g/mol. The van der Waals surface area contributed by atoms with Gasteiger partial charge in [-0.1, -0.05) is 13.8 Å². The van der Waals surface area contributed by atoms with Gasteiger partial charge in [0.25, 0.3) is 0 Å². The van der Waals surface area contributed by atoms with Crippen molar-refractivity contribution in [3.05, 3.63) is 0 Å².